The molecule has 0 saturated carbocycles. The fourth-order valence-corrected chi connectivity index (χ4v) is 6.48. The molecule has 0 aliphatic carbocycles. The van der Waals surface area contributed by atoms with Gasteiger partial charge in [-0.25, -0.2) is 14.8 Å². The Labute approximate surface area is 188 Å². The van der Waals surface area contributed by atoms with Gasteiger partial charge >= 0.3 is 0 Å². The van der Waals surface area contributed by atoms with E-state index in [9.17, 15) is 14.0 Å². The van der Waals surface area contributed by atoms with Crippen molar-refractivity contribution < 1.29 is 14.0 Å². The molecule has 0 bridgehead atoms. The first-order valence-corrected chi connectivity index (χ1v) is 12.1. The quantitative estimate of drug-likeness (QED) is 0.331. The van der Waals surface area contributed by atoms with Crippen LogP contribution in [0.2, 0.25) is 0 Å². The van der Waals surface area contributed by atoms with Crippen LogP contribution in [0.1, 0.15) is 32.1 Å². The third-order valence-corrected chi connectivity index (χ3v) is 8.48. The van der Waals surface area contributed by atoms with Gasteiger partial charge in [0.25, 0.3) is 0 Å². The van der Waals surface area contributed by atoms with Gasteiger partial charge in [-0.3, -0.25) is 19.8 Å². The number of nitrogens with two attached hydrogens (primary N) is 1. The standard InChI is InChI=1S/C21H37FN8O2/c1-28-16(31)2-4-21(28)5-8-29(9-6-21)15-3-7-24-11-14(15)26-20(32)17-18(23)27-30-12-13(22)10-25-19(17)30/h13-15,17-19,24-25,27H,2-12,23H2,1H3,(H,26,32). The van der Waals surface area contributed by atoms with Crippen LogP contribution < -0.4 is 27.1 Å². The van der Waals surface area contributed by atoms with E-state index in [4.69, 9.17) is 5.73 Å². The number of nitrogens with zero attached hydrogens (tertiary/aromatic N) is 3. The SMILES string of the molecule is CN1C(=O)CCC12CCN(C1CCNCC1NC(=O)C1C(N)NN3CC(F)CNC13)CC2. The number of fused-ring (bicyclic) bond motifs is 1. The summed E-state index contributed by atoms with van der Waals surface area (Å²) in [7, 11) is 1.95. The zero-order valence-corrected chi connectivity index (χ0v) is 18.9. The Morgan fingerprint density at radius 1 is 1.25 bits per heavy atom. The van der Waals surface area contributed by atoms with Crippen molar-refractivity contribution in [3.05, 3.63) is 0 Å². The number of hydrazine groups is 1. The first-order valence-electron chi connectivity index (χ1n) is 12.1. The monoisotopic (exact) mass is 452 g/mol. The molecule has 6 N–H and O–H groups in total. The van der Waals surface area contributed by atoms with Gasteiger partial charge in [-0.15, -0.1) is 0 Å². The fourth-order valence-electron chi connectivity index (χ4n) is 6.48. The minimum Gasteiger partial charge on any atom is -0.350 e. The second-order valence-electron chi connectivity index (χ2n) is 10.2. The highest BCUT2D eigenvalue weighted by Crippen LogP contribution is 2.38. The summed E-state index contributed by atoms with van der Waals surface area (Å²) in [5.74, 6) is -0.306. The third kappa shape index (κ3) is 3.92. The van der Waals surface area contributed by atoms with Crippen molar-refractivity contribution in [3.63, 3.8) is 0 Å². The molecule has 0 aromatic rings. The molecule has 2 amide bonds. The van der Waals surface area contributed by atoms with Crippen LogP contribution in [0.3, 0.4) is 0 Å². The second kappa shape index (κ2) is 8.77. The van der Waals surface area contributed by atoms with Crippen molar-refractivity contribution in [1.29, 1.82) is 0 Å². The first kappa shape index (κ1) is 22.4. The highest BCUT2D eigenvalue weighted by Gasteiger charge is 2.49. The van der Waals surface area contributed by atoms with Gasteiger partial charge in [0.15, 0.2) is 0 Å². The van der Waals surface area contributed by atoms with Crippen molar-refractivity contribution in [2.75, 3.05) is 46.3 Å². The van der Waals surface area contributed by atoms with Crippen molar-refractivity contribution in [2.24, 2.45) is 11.7 Å². The smallest absolute Gasteiger partial charge is 0.229 e. The zero-order valence-electron chi connectivity index (χ0n) is 18.9. The molecule has 11 heteroatoms. The van der Waals surface area contributed by atoms with E-state index in [1.807, 2.05) is 11.9 Å². The van der Waals surface area contributed by atoms with Crippen LogP contribution in [0.5, 0.6) is 0 Å². The normalized spacial score (nSPS) is 40.6. The van der Waals surface area contributed by atoms with Gasteiger partial charge < -0.3 is 21.3 Å². The number of alkyl halides is 1. The average molecular weight is 453 g/mol. The van der Waals surface area contributed by atoms with Crippen molar-refractivity contribution in [3.8, 4) is 0 Å². The molecule has 32 heavy (non-hydrogen) atoms. The zero-order chi connectivity index (χ0) is 22.5. The summed E-state index contributed by atoms with van der Waals surface area (Å²) in [6.45, 7) is 4.00. The van der Waals surface area contributed by atoms with Gasteiger partial charge in [0, 0.05) is 57.8 Å². The minimum absolute atomic E-state index is 0.00740. The van der Waals surface area contributed by atoms with Gasteiger partial charge in [0.2, 0.25) is 11.8 Å². The fraction of sp³-hybridized carbons (Fsp3) is 0.905. The van der Waals surface area contributed by atoms with E-state index >= 15 is 0 Å². The lowest BCUT2D eigenvalue weighted by molar-refractivity contribution is -0.131. The van der Waals surface area contributed by atoms with Crippen LogP contribution in [0.4, 0.5) is 4.39 Å². The Morgan fingerprint density at radius 2 is 2.03 bits per heavy atom. The highest BCUT2D eigenvalue weighted by molar-refractivity contribution is 5.81. The summed E-state index contributed by atoms with van der Waals surface area (Å²) in [6.07, 6.45) is 2.75. The van der Waals surface area contributed by atoms with E-state index in [1.54, 1.807) is 5.01 Å². The van der Waals surface area contributed by atoms with Crippen molar-refractivity contribution >= 4 is 11.8 Å². The number of amides is 2. The number of carbonyl (C=O) groups is 2. The summed E-state index contributed by atoms with van der Waals surface area (Å²) < 4.78 is 13.7. The minimum atomic E-state index is -0.976. The summed E-state index contributed by atoms with van der Waals surface area (Å²) in [5.41, 5.74) is 9.30. The van der Waals surface area contributed by atoms with Crippen LogP contribution in [-0.4, -0.2) is 109 Å². The number of rotatable bonds is 3. The van der Waals surface area contributed by atoms with Gasteiger partial charge in [-0.2, -0.15) is 0 Å². The van der Waals surface area contributed by atoms with E-state index in [0.717, 1.165) is 51.9 Å². The van der Waals surface area contributed by atoms with E-state index in [1.165, 1.54) is 0 Å². The molecule has 5 heterocycles. The Bertz CT molecular complexity index is 733. The third-order valence-electron chi connectivity index (χ3n) is 8.48. The molecule has 5 rings (SSSR count). The molecule has 10 nitrogen and oxygen atoms in total. The lowest BCUT2D eigenvalue weighted by Crippen LogP contribution is -2.64. The number of hydrogen-bond donors (Lipinski definition) is 5. The predicted octanol–water partition coefficient (Wildman–Crippen LogP) is -2.09. The van der Waals surface area contributed by atoms with Gasteiger partial charge in [-0.05, 0) is 32.2 Å². The molecule has 5 aliphatic rings. The topological polar surface area (TPSA) is 118 Å². The Morgan fingerprint density at radius 3 is 2.75 bits per heavy atom. The summed E-state index contributed by atoms with van der Waals surface area (Å²) in [5, 5.41) is 11.5. The largest absolute Gasteiger partial charge is 0.350 e. The maximum Gasteiger partial charge on any atom is 0.229 e. The molecular formula is C21H37FN8O2. The molecule has 1 spiro atoms. The van der Waals surface area contributed by atoms with Gasteiger partial charge in [0.05, 0.1) is 24.3 Å². The lowest BCUT2D eigenvalue weighted by atomic mass is 9.83. The lowest BCUT2D eigenvalue weighted by Gasteiger charge is -2.48. The highest BCUT2D eigenvalue weighted by atomic mass is 19.1. The summed E-state index contributed by atoms with van der Waals surface area (Å²) >= 11 is 0. The molecule has 180 valence electrons. The number of hydrogen-bond acceptors (Lipinski definition) is 8. The number of likely N-dealkylation sites (tertiary alicyclic amines) is 2. The molecule has 6 unspecified atom stereocenters. The van der Waals surface area contributed by atoms with Crippen LogP contribution >= 0.6 is 0 Å². The molecule has 0 aromatic heterocycles. The Kier molecular flexibility index (Phi) is 6.14. The van der Waals surface area contributed by atoms with E-state index in [-0.39, 0.29) is 48.7 Å². The summed E-state index contributed by atoms with van der Waals surface area (Å²) in [4.78, 5) is 29.9. The molecule has 5 saturated heterocycles. The number of halogens is 1. The van der Waals surface area contributed by atoms with Crippen molar-refractivity contribution in [1.82, 2.24) is 36.2 Å². The van der Waals surface area contributed by atoms with Gasteiger partial charge in [0.1, 0.15) is 6.17 Å². The molecule has 5 fully saturated rings. The molecule has 0 aromatic carbocycles. The maximum absolute atomic E-state index is 13.7. The van der Waals surface area contributed by atoms with Crippen LogP contribution in [0, 0.1) is 5.92 Å². The van der Waals surface area contributed by atoms with Crippen LogP contribution in [0.15, 0.2) is 0 Å². The van der Waals surface area contributed by atoms with Crippen LogP contribution in [0.25, 0.3) is 0 Å². The van der Waals surface area contributed by atoms with Crippen LogP contribution in [-0.2, 0) is 9.59 Å². The molecule has 0 radical (unpaired) electrons. The maximum atomic E-state index is 13.7. The number of piperidine rings is 2. The van der Waals surface area contributed by atoms with E-state index < -0.39 is 18.3 Å². The Hall–Kier alpha value is -1.37. The van der Waals surface area contributed by atoms with E-state index in [0.29, 0.717) is 6.42 Å². The predicted molar refractivity (Wildman–Crippen MR) is 117 cm³/mol. The second-order valence-corrected chi connectivity index (χ2v) is 10.2. The van der Waals surface area contributed by atoms with E-state index in [2.05, 4.69) is 26.3 Å². The molecular weight excluding hydrogens is 415 g/mol. The average Bonchev–Trinajstić information content (AvgIpc) is 3.25. The molecule has 6 atom stereocenters. The van der Waals surface area contributed by atoms with Crippen molar-refractivity contribution in [2.45, 2.75) is 68.2 Å². The first-order chi connectivity index (χ1) is 15.4. The molecule has 5 aliphatic heterocycles. The Balaban J connectivity index is 1.22. The number of carbonyl (C=O) groups excluding carboxylic acids is 2. The number of nitrogens with one attached hydrogen (secondary N) is 4. The summed E-state index contributed by atoms with van der Waals surface area (Å²) in [6, 6.07) is 0.253. The van der Waals surface area contributed by atoms with Gasteiger partial charge in [-0.1, -0.05) is 0 Å².